The van der Waals surface area contributed by atoms with Crippen LogP contribution in [0.25, 0.3) is 0 Å². The summed E-state index contributed by atoms with van der Waals surface area (Å²) in [5.41, 5.74) is 2.57. The number of benzene rings is 2. The molecule has 2 N–H and O–H groups in total. The number of carbonyl (C=O) groups excluding carboxylic acids is 1. The number of amides is 1. The van der Waals surface area contributed by atoms with Crippen molar-refractivity contribution in [2.24, 2.45) is 0 Å². The summed E-state index contributed by atoms with van der Waals surface area (Å²) < 4.78 is 26.6. The molecule has 0 radical (unpaired) electrons. The van der Waals surface area contributed by atoms with E-state index >= 15 is 0 Å². The molecule has 5 nitrogen and oxygen atoms in total. The molecule has 0 spiro atoms. The van der Waals surface area contributed by atoms with Crippen LogP contribution in [0.2, 0.25) is 0 Å². The van der Waals surface area contributed by atoms with E-state index < -0.39 is 10.0 Å². The van der Waals surface area contributed by atoms with Crippen LogP contribution in [-0.4, -0.2) is 26.6 Å². The fraction of sp³-hybridized carbons (Fsp3) is 0.350. The number of rotatable bonds is 7. The van der Waals surface area contributed by atoms with Gasteiger partial charge in [0.25, 0.3) is 5.91 Å². The van der Waals surface area contributed by atoms with Crippen LogP contribution < -0.4 is 10.0 Å². The first-order chi connectivity index (χ1) is 12.2. The van der Waals surface area contributed by atoms with E-state index in [1.807, 2.05) is 42.5 Å². The minimum Gasteiger partial charge on any atom is -0.351 e. The summed E-state index contributed by atoms with van der Waals surface area (Å²) in [4.78, 5) is 12.1. The molecule has 0 bridgehead atoms. The molecule has 0 aliphatic rings. The van der Waals surface area contributed by atoms with Crippen molar-refractivity contribution < 1.29 is 13.2 Å². The Bertz CT molecular complexity index is 824. The second-order valence-electron chi connectivity index (χ2n) is 7.21. The van der Waals surface area contributed by atoms with E-state index in [-0.39, 0.29) is 30.2 Å². The zero-order valence-corrected chi connectivity index (χ0v) is 16.3. The molecule has 0 heterocycles. The molecule has 0 unspecified atom stereocenters. The third kappa shape index (κ3) is 6.28. The third-order valence-electron chi connectivity index (χ3n) is 4.01. The van der Waals surface area contributed by atoms with Crippen molar-refractivity contribution in [2.45, 2.75) is 32.7 Å². The van der Waals surface area contributed by atoms with Crippen LogP contribution in [0.3, 0.4) is 0 Å². The minimum atomic E-state index is -3.45. The quantitative estimate of drug-likeness (QED) is 0.782. The summed E-state index contributed by atoms with van der Waals surface area (Å²) in [6.45, 7) is 6.62. The van der Waals surface area contributed by atoms with Gasteiger partial charge in [-0.25, -0.2) is 13.1 Å². The molecule has 0 saturated carbocycles. The second-order valence-corrected chi connectivity index (χ2v) is 9.14. The minimum absolute atomic E-state index is 0.0213. The lowest BCUT2D eigenvalue weighted by Crippen LogP contribution is -2.34. The van der Waals surface area contributed by atoms with Crippen LogP contribution in [0, 0.1) is 0 Å². The fourth-order valence-electron chi connectivity index (χ4n) is 2.38. The maximum atomic E-state index is 12.1. The van der Waals surface area contributed by atoms with E-state index in [9.17, 15) is 13.2 Å². The first kappa shape index (κ1) is 20.1. The Morgan fingerprint density at radius 2 is 1.58 bits per heavy atom. The van der Waals surface area contributed by atoms with E-state index in [0.29, 0.717) is 5.56 Å². The van der Waals surface area contributed by atoms with E-state index in [0.717, 1.165) is 11.1 Å². The van der Waals surface area contributed by atoms with Crippen molar-refractivity contribution in [3.63, 3.8) is 0 Å². The summed E-state index contributed by atoms with van der Waals surface area (Å²) in [5.74, 6) is -0.435. The van der Waals surface area contributed by atoms with Gasteiger partial charge in [0.1, 0.15) is 0 Å². The maximum Gasteiger partial charge on any atom is 0.251 e. The van der Waals surface area contributed by atoms with Crippen molar-refractivity contribution in [3.8, 4) is 0 Å². The maximum absolute atomic E-state index is 12.1. The van der Waals surface area contributed by atoms with Gasteiger partial charge in [-0.2, -0.15) is 0 Å². The second kappa shape index (κ2) is 8.47. The van der Waals surface area contributed by atoms with Gasteiger partial charge in [-0.05, 0) is 28.7 Å². The average molecular weight is 375 g/mol. The lowest BCUT2D eigenvalue weighted by molar-refractivity contribution is 0.0956. The van der Waals surface area contributed by atoms with Crippen LogP contribution in [0.1, 0.15) is 42.3 Å². The number of sulfonamides is 1. The SMILES string of the molecule is CC(C)(C)c1ccc(C(=O)NCCS(=O)(=O)NCc2ccccc2)cc1. The molecular weight excluding hydrogens is 348 g/mol. The standard InChI is InChI=1S/C20H26N2O3S/c1-20(2,3)18-11-9-17(10-12-18)19(23)21-13-14-26(24,25)22-15-16-7-5-4-6-8-16/h4-12,22H,13-15H2,1-3H3,(H,21,23). The highest BCUT2D eigenvalue weighted by molar-refractivity contribution is 7.89. The lowest BCUT2D eigenvalue weighted by atomic mass is 9.87. The zero-order valence-electron chi connectivity index (χ0n) is 15.5. The summed E-state index contributed by atoms with van der Waals surface area (Å²) >= 11 is 0. The molecule has 140 valence electrons. The molecule has 2 aromatic carbocycles. The molecule has 0 atom stereocenters. The molecule has 6 heteroatoms. The van der Waals surface area contributed by atoms with Gasteiger partial charge in [0.2, 0.25) is 10.0 Å². The number of nitrogens with one attached hydrogen (secondary N) is 2. The van der Waals surface area contributed by atoms with Gasteiger partial charge in [0.05, 0.1) is 5.75 Å². The normalized spacial score (nSPS) is 12.0. The zero-order chi connectivity index (χ0) is 19.2. The summed E-state index contributed by atoms with van der Waals surface area (Å²) in [7, 11) is -3.45. The molecule has 26 heavy (non-hydrogen) atoms. The van der Waals surface area contributed by atoms with Crippen molar-refractivity contribution in [1.82, 2.24) is 10.0 Å². The molecule has 0 aromatic heterocycles. The molecule has 1 amide bonds. The Labute approximate surface area is 155 Å². The summed E-state index contributed by atoms with van der Waals surface area (Å²) in [6.07, 6.45) is 0. The predicted molar refractivity (Wildman–Crippen MR) is 105 cm³/mol. The molecular formula is C20H26N2O3S. The molecule has 2 aromatic rings. The largest absolute Gasteiger partial charge is 0.351 e. The van der Waals surface area contributed by atoms with Gasteiger partial charge in [-0.1, -0.05) is 63.2 Å². The molecule has 0 aliphatic heterocycles. The van der Waals surface area contributed by atoms with Gasteiger partial charge in [-0.3, -0.25) is 4.79 Å². The highest BCUT2D eigenvalue weighted by Crippen LogP contribution is 2.22. The fourth-order valence-corrected chi connectivity index (χ4v) is 3.29. The molecule has 0 saturated heterocycles. The number of carbonyl (C=O) groups is 1. The monoisotopic (exact) mass is 374 g/mol. The van der Waals surface area contributed by atoms with E-state index in [1.165, 1.54) is 0 Å². The first-order valence-electron chi connectivity index (χ1n) is 8.57. The summed E-state index contributed by atoms with van der Waals surface area (Å²) in [5, 5.41) is 2.65. The highest BCUT2D eigenvalue weighted by Gasteiger charge is 2.15. The van der Waals surface area contributed by atoms with Crippen molar-refractivity contribution in [1.29, 1.82) is 0 Å². The van der Waals surface area contributed by atoms with E-state index in [1.54, 1.807) is 12.1 Å². The van der Waals surface area contributed by atoms with Crippen LogP contribution in [0.4, 0.5) is 0 Å². The van der Waals surface area contributed by atoms with E-state index in [2.05, 4.69) is 30.8 Å². The van der Waals surface area contributed by atoms with Crippen LogP contribution >= 0.6 is 0 Å². The smallest absolute Gasteiger partial charge is 0.251 e. The Kier molecular flexibility index (Phi) is 6.56. The topological polar surface area (TPSA) is 75.3 Å². The van der Waals surface area contributed by atoms with Gasteiger partial charge in [0, 0.05) is 18.7 Å². The molecule has 0 aliphatic carbocycles. The Hall–Kier alpha value is -2.18. The predicted octanol–water partition coefficient (Wildman–Crippen LogP) is 2.83. The highest BCUT2D eigenvalue weighted by atomic mass is 32.2. The Morgan fingerprint density at radius 3 is 2.15 bits per heavy atom. The Balaban J connectivity index is 1.81. The van der Waals surface area contributed by atoms with Gasteiger partial charge in [0.15, 0.2) is 0 Å². The molecule has 0 fully saturated rings. The van der Waals surface area contributed by atoms with Crippen molar-refractivity contribution >= 4 is 15.9 Å². The van der Waals surface area contributed by atoms with Crippen molar-refractivity contribution in [3.05, 3.63) is 71.3 Å². The summed E-state index contributed by atoms with van der Waals surface area (Å²) in [6, 6.07) is 16.7. The van der Waals surface area contributed by atoms with E-state index in [4.69, 9.17) is 0 Å². The number of hydrogen-bond acceptors (Lipinski definition) is 3. The van der Waals surface area contributed by atoms with Crippen molar-refractivity contribution in [2.75, 3.05) is 12.3 Å². The lowest BCUT2D eigenvalue weighted by Gasteiger charge is -2.19. The van der Waals surface area contributed by atoms with Gasteiger partial charge >= 0.3 is 0 Å². The first-order valence-corrected chi connectivity index (χ1v) is 10.2. The average Bonchev–Trinajstić information content (AvgIpc) is 2.60. The van der Waals surface area contributed by atoms with Gasteiger partial charge < -0.3 is 5.32 Å². The van der Waals surface area contributed by atoms with Crippen LogP contribution in [-0.2, 0) is 22.0 Å². The Morgan fingerprint density at radius 1 is 0.962 bits per heavy atom. The third-order valence-corrected chi connectivity index (χ3v) is 5.33. The number of hydrogen-bond donors (Lipinski definition) is 2. The van der Waals surface area contributed by atoms with Gasteiger partial charge in [-0.15, -0.1) is 0 Å². The van der Waals surface area contributed by atoms with Crippen LogP contribution in [0.15, 0.2) is 54.6 Å². The molecule has 2 rings (SSSR count). The van der Waals surface area contributed by atoms with Crippen LogP contribution in [0.5, 0.6) is 0 Å².